The molecule has 1 N–H and O–H groups in total. The average Bonchev–Trinajstić information content (AvgIpc) is 2.46. The summed E-state index contributed by atoms with van der Waals surface area (Å²) in [6.45, 7) is 10.3. The van der Waals surface area contributed by atoms with Crippen molar-refractivity contribution in [2.75, 3.05) is 6.61 Å². The highest BCUT2D eigenvalue weighted by atomic mass is 16.5. The van der Waals surface area contributed by atoms with Crippen LogP contribution in [0, 0.1) is 5.41 Å². The van der Waals surface area contributed by atoms with Crippen LogP contribution in [0.3, 0.4) is 0 Å². The Hall–Kier alpha value is -2.11. The zero-order valence-electron chi connectivity index (χ0n) is 14.7. The molecule has 0 bridgehead atoms. The third kappa shape index (κ3) is 5.88. The van der Waals surface area contributed by atoms with E-state index >= 15 is 0 Å². The quantitative estimate of drug-likeness (QED) is 0.444. The zero-order chi connectivity index (χ0) is 17.5. The van der Waals surface area contributed by atoms with Crippen LogP contribution in [0.2, 0.25) is 0 Å². The molecule has 0 atom stereocenters. The maximum atomic E-state index is 12.3. The van der Waals surface area contributed by atoms with E-state index in [9.17, 15) is 9.59 Å². The van der Waals surface area contributed by atoms with Gasteiger partial charge in [-0.1, -0.05) is 34.1 Å². The van der Waals surface area contributed by atoms with E-state index in [2.05, 4.69) is 31.2 Å². The number of carbonyl (C=O) groups excluding carboxylic acids is 2. The summed E-state index contributed by atoms with van der Waals surface area (Å²) in [5.74, 6) is -0.455. The molecule has 0 saturated carbocycles. The molecule has 0 spiro atoms. The van der Waals surface area contributed by atoms with E-state index in [1.807, 2.05) is 6.92 Å². The van der Waals surface area contributed by atoms with Gasteiger partial charge in [0, 0.05) is 18.0 Å². The van der Waals surface area contributed by atoms with Crippen LogP contribution in [-0.4, -0.2) is 29.7 Å². The van der Waals surface area contributed by atoms with Gasteiger partial charge in [-0.3, -0.25) is 4.79 Å². The normalized spacial score (nSPS) is 17.4. The third-order valence-electron chi connectivity index (χ3n) is 3.57. The van der Waals surface area contributed by atoms with E-state index in [0.717, 1.165) is 12.1 Å². The van der Waals surface area contributed by atoms with Gasteiger partial charge in [0.15, 0.2) is 0 Å². The Morgan fingerprint density at radius 2 is 2.09 bits per heavy atom. The molecule has 0 unspecified atom stereocenters. The van der Waals surface area contributed by atoms with Gasteiger partial charge in [0.1, 0.15) is 5.82 Å². The fourth-order valence-corrected chi connectivity index (χ4v) is 1.99. The van der Waals surface area contributed by atoms with Crippen LogP contribution in [0.25, 0.3) is 0 Å². The first-order chi connectivity index (χ1) is 10.8. The van der Waals surface area contributed by atoms with Crippen molar-refractivity contribution >= 4 is 18.1 Å². The maximum Gasteiger partial charge on any atom is 0.334 e. The van der Waals surface area contributed by atoms with Gasteiger partial charge in [-0.25, -0.2) is 4.79 Å². The van der Waals surface area contributed by atoms with Crippen molar-refractivity contribution in [3.8, 4) is 0 Å². The van der Waals surface area contributed by atoms with Crippen molar-refractivity contribution in [3.05, 3.63) is 23.7 Å². The molecule has 0 radical (unpaired) electrons. The van der Waals surface area contributed by atoms with Crippen molar-refractivity contribution in [2.24, 2.45) is 10.5 Å². The van der Waals surface area contributed by atoms with Crippen LogP contribution in [-0.2, 0) is 14.3 Å². The number of amides is 1. The minimum atomic E-state index is -0.504. The van der Waals surface area contributed by atoms with Crippen LogP contribution in [0.4, 0.5) is 0 Å². The maximum absolute atomic E-state index is 12.3. The molecule has 1 aliphatic heterocycles. The lowest BCUT2D eigenvalue weighted by molar-refractivity contribution is -0.137. The minimum Gasteiger partial charge on any atom is -0.463 e. The molecule has 1 rings (SSSR count). The van der Waals surface area contributed by atoms with Crippen molar-refractivity contribution in [3.63, 3.8) is 0 Å². The number of hydrazone groups is 1. The summed E-state index contributed by atoms with van der Waals surface area (Å²) in [4.78, 5) is 24.1. The lowest BCUT2D eigenvalue weighted by atomic mass is 9.85. The Labute approximate surface area is 138 Å². The molecule has 0 saturated heterocycles. The summed E-state index contributed by atoms with van der Waals surface area (Å²) in [6, 6.07) is 0. The van der Waals surface area contributed by atoms with Crippen LogP contribution in [0.1, 0.15) is 53.9 Å². The second-order valence-corrected chi connectivity index (χ2v) is 6.13. The van der Waals surface area contributed by atoms with Crippen molar-refractivity contribution in [1.29, 1.82) is 0 Å². The number of esters is 1. The lowest BCUT2D eigenvalue weighted by Crippen LogP contribution is -2.38. The highest BCUT2D eigenvalue weighted by Gasteiger charge is 2.27. The summed E-state index contributed by atoms with van der Waals surface area (Å²) in [7, 11) is 0. The zero-order valence-corrected chi connectivity index (χ0v) is 14.7. The smallest absolute Gasteiger partial charge is 0.334 e. The van der Waals surface area contributed by atoms with Crippen LogP contribution >= 0.6 is 0 Å². The first-order valence-electron chi connectivity index (χ1n) is 8.05. The van der Waals surface area contributed by atoms with Gasteiger partial charge in [0.05, 0.1) is 12.7 Å². The van der Waals surface area contributed by atoms with Crippen molar-refractivity contribution in [1.82, 2.24) is 10.3 Å². The fourth-order valence-electron chi connectivity index (χ4n) is 1.99. The molecule has 1 aliphatic rings. The Balaban J connectivity index is 3.08. The second-order valence-electron chi connectivity index (χ2n) is 6.13. The number of allylic oxidation sites excluding steroid dienone is 1. The Morgan fingerprint density at radius 3 is 2.65 bits per heavy atom. The van der Waals surface area contributed by atoms with Gasteiger partial charge in [0.25, 0.3) is 5.91 Å². The number of hydrogen-bond acceptors (Lipinski definition) is 5. The van der Waals surface area contributed by atoms with Crippen LogP contribution < -0.4 is 5.32 Å². The van der Waals surface area contributed by atoms with Gasteiger partial charge in [-0.05, 0) is 25.2 Å². The average molecular weight is 321 g/mol. The topological polar surface area (TPSA) is 71.0 Å². The third-order valence-corrected chi connectivity index (χ3v) is 3.57. The number of nitrogens with one attached hydrogen (secondary N) is 1. The first kappa shape index (κ1) is 18.9. The largest absolute Gasteiger partial charge is 0.463 e. The van der Waals surface area contributed by atoms with Crippen molar-refractivity contribution in [2.45, 2.75) is 53.9 Å². The number of ether oxygens (including phenoxy) is 1. The van der Waals surface area contributed by atoms with Crippen LogP contribution in [0.15, 0.2) is 28.8 Å². The monoisotopic (exact) mass is 321 g/mol. The van der Waals surface area contributed by atoms with Gasteiger partial charge >= 0.3 is 5.97 Å². The first-order valence-corrected chi connectivity index (χ1v) is 8.05. The Bertz CT molecular complexity index is 533. The van der Waals surface area contributed by atoms with Crippen molar-refractivity contribution < 1.29 is 14.3 Å². The van der Waals surface area contributed by atoms with E-state index in [0.29, 0.717) is 18.7 Å². The molecule has 6 heteroatoms. The molecule has 1 heterocycles. The molecule has 0 aromatic rings. The number of rotatable bonds is 7. The summed E-state index contributed by atoms with van der Waals surface area (Å²) in [6.07, 6.45) is 6.80. The molecule has 0 aliphatic carbocycles. The van der Waals surface area contributed by atoms with Gasteiger partial charge in [-0.2, -0.15) is 10.1 Å². The van der Waals surface area contributed by atoms with E-state index in [1.54, 1.807) is 13.1 Å². The van der Waals surface area contributed by atoms with Gasteiger partial charge in [0.2, 0.25) is 0 Å². The SMILES string of the molecule is CC/C=N\N1C(=O)C=C(CC(C)(C)CC)N/C1=C\C(=O)OCC. The second kappa shape index (κ2) is 8.50. The number of nitrogens with zero attached hydrogens (tertiary/aromatic N) is 2. The Kier molecular flexibility index (Phi) is 7.00. The fraction of sp³-hybridized carbons (Fsp3) is 0.588. The van der Waals surface area contributed by atoms with E-state index in [1.165, 1.54) is 17.2 Å². The number of hydrogen-bond donors (Lipinski definition) is 1. The molecule has 0 fully saturated rings. The molecular formula is C17H27N3O3. The molecule has 1 amide bonds. The van der Waals surface area contributed by atoms with Crippen LogP contribution in [0.5, 0.6) is 0 Å². The Morgan fingerprint density at radius 1 is 1.39 bits per heavy atom. The molecule has 0 aromatic carbocycles. The minimum absolute atomic E-state index is 0.0585. The molecule has 128 valence electrons. The molecular weight excluding hydrogens is 294 g/mol. The van der Waals surface area contributed by atoms with E-state index in [-0.39, 0.29) is 17.9 Å². The van der Waals surface area contributed by atoms with E-state index < -0.39 is 5.97 Å². The summed E-state index contributed by atoms with van der Waals surface area (Å²) < 4.78 is 4.93. The molecule has 23 heavy (non-hydrogen) atoms. The number of carbonyl (C=O) groups is 2. The molecule has 0 aromatic heterocycles. The summed E-state index contributed by atoms with van der Waals surface area (Å²) >= 11 is 0. The highest BCUT2D eigenvalue weighted by molar-refractivity contribution is 5.92. The van der Waals surface area contributed by atoms with Gasteiger partial charge in [-0.15, -0.1) is 0 Å². The predicted molar refractivity (Wildman–Crippen MR) is 90.3 cm³/mol. The summed E-state index contributed by atoms with van der Waals surface area (Å²) in [5, 5.41) is 8.42. The predicted octanol–water partition coefficient (Wildman–Crippen LogP) is 2.93. The standard InChI is InChI=1S/C17H27N3O3/c1-6-9-18-20-14(11-16(22)23-8-3)19-13(10-15(20)21)12-17(4,5)7-2/h9-11,19H,6-8,12H2,1-5H3/b14-11+,18-9-. The highest BCUT2D eigenvalue weighted by Crippen LogP contribution is 2.29. The molecule has 6 nitrogen and oxygen atoms in total. The summed E-state index contributed by atoms with van der Waals surface area (Å²) in [5.41, 5.74) is 0.837. The van der Waals surface area contributed by atoms with Gasteiger partial charge < -0.3 is 10.1 Å². The van der Waals surface area contributed by atoms with E-state index in [4.69, 9.17) is 4.74 Å². The lowest BCUT2D eigenvalue weighted by Gasteiger charge is -2.30.